The molecule has 0 rings (SSSR count). The van der Waals surface area contributed by atoms with Crippen LogP contribution in [0.3, 0.4) is 0 Å². The van der Waals surface area contributed by atoms with Gasteiger partial charge in [-0.2, -0.15) is 0 Å². The van der Waals surface area contributed by atoms with Crippen molar-refractivity contribution in [3.05, 3.63) is 97.2 Å². The van der Waals surface area contributed by atoms with Gasteiger partial charge in [-0.05, 0) is 83.5 Å². The molecule has 0 amide bonds. The van der Waals surface area contributed by atoms with Crippen LogP contribution in [0.2, 0.25) is 0 Å². The summed E-state index contributed by atoms with van der Waals surface area (Å²) in [5.41, 5.74) is 5.34. The fourth-order valence-electron chi connectivity index (χ4n) is 5.28. The number of phosphoric acid groups is 1. The van der Waals surface area contributed by atoms with E-state index in [0.717, 1.165) is 70.6 Å². The van der Waals surface area contributed by atoms with Crippen LogP contribution in [0.15, 0.2) is 97.2 Å². The maximum absolute atomic E-state index is 12.6. The van der Waals surface area contributed by atoms with Crippen LogP contribution in [0.4, 0.5) is 0 Å². The summed E-state index contributed by atoms with van der Waals surface area (Å²) in [4.78, 5) is 34.8. The average Bonchev–Trinajstić information content (AvgIpc) is 3.20. The first-order valence-electron chi connectivity index (χ1n) is 21.7. The summed E-state index contributed by atoms with van der Waals surface area (Å²) in [6.07, 6.45) is 54.5. The first-order chi connectivity index (χ1) is 27.8. The van der Waals surface area contributed by atoms with E-state index < -0.39 is 32.5 Å². The van der Waals surface area contributed by atoms with Gasteiger partial charge >= 0.3 is 19.8 Å². The summed E-state index contributed by atoms with van der Waals surface area (Å²) in [5, 5.41) is 0. The highest BCUT2D eigenvalue weighted by Gasteiger charge is 2.25. The predicted octanol–water partition coefficient (Wildman–Crippen LogP) is 12.6. The number of nitrogens with two attached hydrogens (primary N) is 1. The van der Waals surface area contributed by atoms with Gasteiger partial charge in [0.1, 0.15) is 6.61 Å². The number of hydrogen-bond acceptors (Lipinski definition) is 8. The summed E-state index contributed by atoms with van der Waals surface area (Å²) in [7, 11) is -4.41. The Labute approximate surface area is 346 Å². The topological polar surface area (TPSA) is 134 Å². The lowest BCUT2D eigenvalue weighted by Gasteiger charge is -2.19. The van der Waals surface area contributed by atoms with Crippen LogP contribution in [-0.4, -0.2) is 49.3 Å². The molecule has 0 spiro atoms. The summed E-state index contributed by atoms with van der Waals surface area (Å²) in [5.74, 6) is -0.945. The van der Waals surface area contributed by atoms with Gasteiger partial charge in [0.15, 0.2) is 6.10 Å². The molecule has 0 saturated heterocycles. The van der Waals surface area contributed by atoms with E-state index in [2.05, 4.69) is 98.9 Å². The molecule has 0 bridgehead atoms. The molecular formula is C47H78NO8P. The van der Waals surface area contributed by atoms with Crippen LogP contribution in [0, 0.1) is 0 Å². The zero-order valence-corrected chi connectivity index (χ0v) is 36.4. The smallest absolute Gasteiger partial charge is 0.462 e. The molecule has 3 N–H and O–H groups in total. The molecular weight excluding hydrogens is 737 g/mol. The van der Waals surface area contributed by atoms with Crippen molar-refractivity contribution in [2.45, 2.75) is 161 Å². The Morgan fingerprint density at radius 3 is 1.51 bits per heavy atom. The molecule has 0 radical (unpaired) electrons. The number of rotatable bonds is 39. The first-order valence-corrected chi connectivity index (χ1v) is 23.2. The van der Waals surface area contributed by atoms with E-state index in [9.17, 15) is 19.0 Å². The number of allylic oxidation sites excluding steroid dienone is 16. The summed E-state index contributed by atoms with van der Waals surface area (Å²) in [6, 6.07) is 0. The minimum atomic E-state index is -4.41. The highest BCUT2D eigenvalue weighted by atomic mass is 31.2. The second kappa shape index (κ2) is 42.5. The third-order valence-electron chi connectivity index (χ3n) is 8.47. The molecule has 9 nitrogen and oxygen atoms in total. The van der Waals surface area contributed by atoms with Gasteiger partial charge in [-0.3, -0.25) is 18.6 Å². The zero-order valence-electron chi connectivity index (χ0n) is 35.5. The van der Waals surface area contributed by atoms with Crippen molar-refractivity contribution in [1.82, 2.24) is 0 Å². The van der Waals surface area contributed by atoms with E-state index in [1.807, 2.05) is 12.2 Å². The van der Waals surface area contributed by atoms with Crippen molar-refractivity contribution < 1.29 is 37.6 Å². The van der Waals surface area contributed by atoms with Crippen LogP contribution in [-0.2, 0) is 32.7 Å². The normalized spacial score (nSPS) is 14.2. The summed E-state index contributed by atoms with van der Waals surface area (Å²) >= 11 is 0. The lowest BCUT2D eigenvalue weighted by atomic mass is 10.1. The van der Waals surface area contributed by atoms with Crippen LogP contribution in [0.1, 0.15) is 155 Å². The quantitative estimate of drug-likeness (QED) is 0.0269. The maximum Gasteiger partial charge on any atom is 0.472 e. The number of carbonyl (C=O) groups is 2. The molecule has 0 heterocycles. The number of unbranched alkanes of at least 4 members (excludes halogenated alkanes) is 10. The van der Waals surface area contributed by atoms with Crippen molar-refractivity contribution >= 4 is 19.8 Å². The Kier molecular flexibility index (Phi) is 40.2. The number of esters is 2. The Bertz CT molecular complexity index is 1250. The van der Waals surface area contributed by atoms with Crippen molar-refractivity contribution in [2.24, 2.45) is 5.73 Å². The van der Waals surface area contributed by atoms with Gasteiger partial charge in [0, 0.05) is 19.4 Å². The van der Waals surface area contributed by atoms with E-state index >= 15 is 0 Å². The van der Waals surface area contributed by atoms with E-state index in [-0.39, 0.29) is 32.6 Å². The molecule has 10 heteroatoms. The fraction of sp³-hybridized carbons (Fsp3) is 0.617. The minimum Gasteiger partial charge on any atom is -0.462 e. The van der Waals surface area contributed by atoms with Gasteiger partial charge < -0.3 is 20.1 Å². The SMILES string of the molecule is CC/C=C\C/C=C\C/C=C\C/C=C\C/C=C\C/C=C\CCC(=O)O[C@H](COC(=O)CCCCCCCCC/C=C\C/C=C\CCCCC)COP(=O)(O)OCCN. The molecule has 0 aliphatic carbocycles. The van der Waals surface area contributed by atoms with E-state index in [1.165, 1.54) is 44.9 Å². The Balaban J connectivity index is 4.32. The number of ether oxygens (including phenoxy) is 2. The first kappa shape index (κ1) is 53.9. The monoisotopic (exact) mass is 816 g/mol. The van der Waals surface area contributed by atoms with Gasteiger partial charge in [0.2, 0.25) is 0 Å². The third kappa shape index (κ3) is 42.4. The zero-order chi connectivity index (χ0) is 41.8. The Hall–Kier alpha value is -3.07. The second-order valence-electron chi connectivity index (χ2n) is 13.8. The van der Waals surface area contributed by atoms with Gasteiger partial charge in [0.05, 0.1) is 13.2 Å². The number of hydrogen-bond donors (Lipinski definition) is 2. The fourth-order valence-corrected chi connectivity index (χ4v) is 6.04. The molecule has 0 aromatic carbocycles. The molecule has 0 fully saturated rings. The molecule has 0 aliphatic rings. The van der Waals surface area contributed by atoms with Crippen LogP contribution >= 0.6 is 7.82 Å². The summed E-state index contributed by atoms with van der Waals surface area (Å²) in [6.45, 7) is 3.47. The Morgan fingerprint density at radius 2 is 1.00 bits per heavy atom. The predicted molar refractivity (Wildman–Crippen MR) is 238 cm³/mol. The molecule has 0 aromatic rings. The van der Waals surface area contributed by atoms with Crippen molar-refractivity contribution in [2.75, 3.05) is 26.4 Å². The van der Waals surface area contributed by atoms with E-state index in [1.54, 1.807) is 0 Å². The molecule has 0 aliphatic heterocycles. The van der Waals surface area contributed by atoms with E-state index in [4.69, 9.17) is 24.3 Å². The number of carbonyl (C=O) groups excluding carboxylic acids is 2. The van der Waals surface area contributed by atoms with Gasteiger partial charge in [-0.15, -0.1) is 0 Å². The maximum atomic E-state index is 12.6. The van der Waals surface area contributed by atoms with Crippen molar-refractivity contribution in [3.63, 3.8) is 0 Å². The van der Waals surface area contributed by atoms with Crippen LogP contribution in [0.25, 0.3) is 0 Å². The minimum absolute atomic E-state index is 0.0354. The number of phosphoric ester groups is 1. The molecule has 0 saturated carbocycles. The molecule has 1 unspecified atom stereocenters. The largest absolute Gasteiger partial charge is 0.472 e. The highest BCUT2D eigenvalue weighted by molar-refractivity contribution is 7.47. The van der Waals surface area contributed by atoms with Crippen LogP contribution < -0.4 is 5.73 Å². The second-order valence-corrected chi connectivity index (χ2v) is 15.3. The summed E-state index contributed by atoms with van der Waals surface area (Å²) < 4.78 is 32.7. The van der Waals surface area contributed by atoms with Crippen molar-refractivity contribution in [1.29, 1.82) is 0 Å². The van der Waals surface area contributed by atoms with Gasteiger partial charge in [-0.25, -0.2) is 4.57 Å². The van der Waals surface area contributed by atoms with Crippen molar-refractivity contribution in [3.8, 4) is 0 Å². The van der Waals surface area contributed by atoms with Gasteiger partial charge in [0.25, 0.3) is 0 Å². The lowest BCUT2D eigenvalue weighted by molar-refractivity contribution is -0.161. The van der Waals surface area contributed by atoms with Gasteiger partial charge in [-0.1, -0.05) is 156 Å². The average molecular weight is 816 g/mol. The molecule has 324 valence electrons. The van der Waals surface area contributed by atoms with E-state index in [0.29, 0.717) is 12.8 Å². The van der Waals surface area contributed by atoms with Crippen LogP contribution in [0.5, 0.6) is 0 Å². The molecule has 57 heavy (non-hydrogen) atoms. The molecule has 2 atom stereocenters. The highest BCUT2D eigenvalue weighted by Crippen LogP contribution is 2.43. The molecule has 0 aromatic heterocycles. The third-order valence-corrected chi connectivity index (χ3v) is 9.45. The lowest BCUT2D eigenvalue weighted by Crippen LogP contribution is -2.29. The standard InChI is InChI=1S/C47H78NO8P/c1-3-5-7-9-11-13-15-17-19-21-22-24-26-28-30-32-34-36-38-40-47(50)56-45(44-55-57(51,52)54-42-41-48)43-53-46(49)39-37-35-33-31-29-27-25-23-20-18-16-14-12-10-8-6-4-2/h5,7,11-14,17-20,22,24,28,30,34,36,45H,3-4,6,8-10,15-16,21,23,25-27,29,31-33,35,37-44,48H2,1-2H3,(H,51,52)/b7-5-,13-11-,14-12-,19-17-,20-18-,24-22-,30-28-,36-34-/t45-/m1/s1. The Morgan fingerprint density at radius 1 is 0.544 bits per heavy atom.